The molecule has 5 heteroatoms. The van der Waals surface area contributed by atoms with Crippen LogP contribution in [-0.2, 0) is 4.79 Å². The van der Waals surface area contributed by atoms with Gasteiger partial charge in [0, 0.05) is 17.5 Å². The fourth-order valence-electron chi connectivity index (χ4n) is 2.69. The molecule has 0 saturated heterocycles. The molecular formula is C16H22ClNO2S. The van der Waals surface area contributed by atoms with Gasteiger partial charge in [0.1, 0.15) is 0 Å². The summed E-state index contributed by atoms with van der Waals surface area (Å²) in [5.74, 6) is 0.551. The standard InChI is InChI=1S/C16H22ClNO2S/c1-2-12-7-9-16(20,10-8-12)11-18-15(19)6-4-13-3-5-14(17)21-13/h3-6,12,20H,2,7-11H2,1H3,(H,18,19). The second-order valence-corrected chi connectivity index (χ2v) is 7.52. The summed E-state index contributed by atoms with van der Waals surface area (Å²) in [5, 5.41) is 13.3. The van der Waals surface area contributed by atoms with Crippen LogP contribution in [0.5, 0.6) is 0 Å². The van der Waals surface area contributed by atoms with Gasteiger partial charge >= 0.3 is 0 Å². The van der Waals surface area contributed by atoms with E-state index in [2.05, 4.69) is 12.2 Å². The van der Waals surface area contributed by atoms with E-state index in [0.717, 1.165) is 36.5 Å². The first kappa shape index (κ1) is 16.5. The van der Waals surface area contributed by atoms with Crippen LogP contribution in [0.25, 0.3) is 6.08 Å². The Labute approximate surface area is 135 Å². The van der Waals surface area contributed by atoms with Crippen molar-refractivity contribution in [3.05, 3.63) is 27.4 Å². The van der Waals surface area contributed by atoms with Crippen molar-refractivity contribution in [2.45, 2.75) is 44.6 Å². The maximum absolute atomic E-state index is 11.8. The van der Waals surface area contributed by atoms with E-state index in [1.807, 2.05) is 6.07 Å². The van der Waals surface area contributed by atoms with Crippen molar-refractivity contribution in [3.8, 4) is 0 Å². The number of hydrogen-bond acceptors (Lipinski definition) is 3. The molecule has 3 nitrogen and oxygen atoms in total. The fraction of sp³-hybridized carbons (Fsp3) is 0.562. The molecule has 2 N–H and O–H groups in total. The Morgan fingerprint density at radius 2 is 2.24 bits per heavy atom. The van der Waals surface area contributed by atoms with Gasteiger partial charge in [0.15, 0.2) is 0 Å². The minimum Gasteiger partial charge on any atom is -0.388 e. The summed E-state index contributed by atoms with van der Waals surface area (Å²) >= 11 is 7.26. The number of nitrogens with one attached hydrogen (secondary N) is 1. The molecule has 0 aromatic carbocycles. The molecule has 1 fully saturated rings. The van der Waals surface area contributed by atoms with Crippen LogP contribution in [0.15, 0.2) is 18.2 Å². The summed E-state index contributed by atoms with van der Waals surface area (Å²) in [6, 6.07) is 3.68. The van der Waals surface area contributed by atoms with Crippen LogP contribution in [-0.4, -0.2) is 23.2 Å². The van der Waals surface area contributed by atoms with Crippen molar-refractivity contribution in [1.82, 2.24) is 5.32 Å². The van der Waals surface area contributed by atoms with E-state index >= 15 is 0 Å². The molecule has 0 aliphatic heterocycles. The molecule has 0 bridgehead atoms. The number of halogens is 1. The predicted octanol–water partition coefficient (Wildman–Crippen LogP) is 3.86. The maximum Gasteiger partial charge on any atom is 0.244 e. The van der Waals surface area contributed by atoms with E-state index in [1.54, 1.807) is 12.1 Å². The molecule has 1 saturated carbocycles. The molecular weight excluding hydrogens is 306 g/mol. The van der Waals surface area contributed by atoms with Crippen molar-refractivity contribution < 1.29 is 9.90 Å². The second kappa shape index (κ2) is 7.43. The van der Waals surface area contributed by atoms with E-state index in [4.69, 9.17) is 11.6 Å². The predicted molar refractivity (Wildman–Crippen MR) is 88.6 cm³/mol. The molecule has 1 aromatic heterocycles. The third-order valence-corrected chi connectivity index (χ3v) is 5.39. The van der Waals surface area contributed by atoms with E-state index in [9.17, 15) is 9.90 Å². The van der Waals surface area contributed by atoms with E-state index in [-0.39, 0.29) is 5.91 Å². The zero-order valence-corrected chi connectivity index (χ0v) is 13.8. The number of carbonyl (C=O) groups excluding carboxylic acids is 1. The van der Waals surface area contributed by atoms with Crippen molar-refractivity contribution in [1.29, 1.82) is 0 Å². The van der Waals surface area contributed by atoms with Crippen molar-refractivity contribution in [2.24, 2.45) is 5.92 Å². The molecule has 1 aliphatic carbocycles. The highest BCUT2D eigenvalue weighted by atomic mass is 35.5. The molecule has 1 heterocycles. The summed E-state index contributed by atoms with van der Waals surface area (Å²) in [6.07, 6.45) is 8.05. The highest BCUT2D eigenvalue weighted by Gasteiger charge is 2.32. The first-order chi connectivity index (χ1) is 10.0. The lowest BCUT2D eigenvalue weighted by atomic mass is 9.78. The molecule has 1 aromatic rings. The van der Waals surface area contributed by atoms with Crippen molar-refractivity contribution in [3.63, 3.8) is 0 Å². The van der Waals surface area contributed by atoms with Crippen LogP contribution < -0.4 is 5.32 Å². The normalized spacial score (nSPS) is 26.1. The van der Waals surface area contributed by atoms with Gasteiger partial charge in [0.25, 0.3) is 0 Å². The largest absolute Gasteiger partial charge is 0.388 e. The minimum atomic E-state index is -0.735. The number of thiophene rings is 1. The van der Waals surface area contributed by atoms with Crippen LogP contribution in [0.2, 0.25) is 4.34 Å². The first-order valence-electron chi connectivity index (χ1n) is 7.44. The Bertz CT molecular complexity index is 504. The van der Waals surface area contributed by atoms with E-state index in [1.165, 1.54) is 23.8 Å². The Hall–Kier alpha value is -0.840. The van der Waals surface area contributed by atoms with Gasteiger partial charge in [0.05, 0.1) is 9.94 Å². The lowest BCUT2D eigenvalue weighted by molar-refractivity contribution is -0.118. The zero-order valence-electron chi connectivity index (χ0n) is 12.3. The van der Waals surface area contributed by atoms with Gasteiger partial charge in [-0.2, -0.15) is 0 Å². The molecule has 1 aliphatic rings. The van der Waals surface area contributed by atoms with E-state index in [0.29, 0.717) is 10.9 Å². The average molecular weight is 328 g/mol. The van der Waals surface area contributed by atoms with Crippen molar-refractivity contribution in [2.75, 3.05) is 6.54 Å². The Kier molecular flexibility index (Phi) is 5.85. The molecule has 0 atom stereocenters. The number of hydrogen-bond donors (Lipinski definition) is 2. The topological polar surface area (TPSA) is 49.3 Å². The third kappa shape index (κ3) is 5.13. The molecule has 0 unspecified atom stereocenters. The lowest BCUT2D eigenvalue weighted by Crippen LogP contribution is -2.45. The second-order valence-electron chi connectivity index (χ2n) is 5.77. The molecule has 1 amide bonds. The molecule has 0 spiro atoms. The first-order valence-corrected chi connectivity index (χ1v) is 8.64. The van der Waals surface area contributed by atoms with Gasteiger partial charge in [-0.15, -0.1) is 11.3 Å². The summed E-state index contributed by atoms with van der Waals surface area (Å²) in [7, 11) is 0. The third-order valence-electron chi connectivity index (χ3n) is 4.20. The fourth-order valence-corrected chi connectivity index (χ4v) is 3.65. The number of amides is 1. The average Bonchev–Trinajstić information content (AvgIpc) is 2.90. The SMILES string of the molecule is CCC1CCC(O)(CNC(=O)C=Cc2ccc(Cl)s2)CC1. The smallest absolute Gasteiger partial charge is 0.244 e. The highest BCUT2D eigenvalue weighted by molar-refractivity contribution is 7.17. The summed E-state index contributed by atoms with van der Waals surface area (Å²) in [5.41, 5.74) is -0.735. The van der Waals surface area contributed by atoms with E-state index < -0.39 is 5.60 Å². The number of aliphatic hydroxyl groups is 1. The monoisotopic (exact) mass is 327 g/mol. The quantitative estimate of drug-likeness (QED) is 0.807. The summed E-state index contributed by atoms with van der Waals surface area (Å²) in [4.78, 5) is 12.7. The van der Waals surface area contributed by atoms with Crippen LogP contribution in [0.1, 0.15) is 43.9 Å². The van der Waals surface area contributed by atoms with Crippen LogP contribution >= 0.6 is 22.9 Å². The van der Waals surface area contributed by atoms with Crippen LogP contribution in [0, 0.1) is 5.92 Å². The van der Waals surface area contributed by atoms with Gasteiger partial charge in [-0.3, -0.25) is 4.79 Å². The van der Waals surface area contributed by atoms with Gasteiger partial charge in [-0.05, 0) is 49.8 Å². The molecule has 2 rings (SSSR count). The van der Waals surface area contributed by atoms with Crippen LogP contribution in [0.3, 0.4) is 0 Å². The van der Waals surface area contributed by atoms with Crippen molar-refractivity contribution >= 4 is 34.9 Å². The highest BCUT2D eigenvalue weighted by Crippen LogP contribution is 2.33. The van der Waals surface area contributed by atoms with Gasteiger partial charge < -0.3 is 10.4 Å². The molecule has 21 heavy (non-hydrogen) atoms. The number of carbonyl (C=O) groups is 1. The van der Waals surface area contributed by atoms with Crippen LogP contribution in [0.4, 0.5) is 0 Å². The zero-order chi connectivity index (χ0) is 15.3. The summed E-state index contributed by atoms with van der Waals surface area (Å²) in [6.45, 7) is 2.52. The summed E-state index contributed by atoms with van der Waals surface area (Å²) < 4.78 is 0.706. The molecule has 0 radical (unpaired) electrons. The Morgan fingerprint density at radius 1 is 1.52 bits per heavy atom. The molecule has 116 valence electrons. The van der Waals surface area contributed by atoms with Gasteiger partial charge in [0.2, 0.25) is 5.91 Å². The van der Waals surface area contributed by atoms with Gasteiger partial charge in [-0.25, -0.2) is 0 Å². The minimum absolute atomic E-state index is 0.175. The Balaban J connectivity index is 1.77. The maximum atomic E-state index is 11.8. The number of rotatable bonds is 5. The lowest BCUT2D eigenvalue weighted by Gasteiger charge is -2.35. The van der Waals surface area contributed by atoms with Gasteiger partial charge in [-0.1, -0.05) is 24.9 Å². The Morgan fingerprint density at radius 3 is 2.81 bits per heavy atom.